The molecule has 0 amide bonds. The first-order valence-corrected chi connectivity index (χ1v) is 6.65. The maximum atomic E-state index is 8.83. The van der Waals surface area contributed by atoms with Gasteiger partial charge >= 0.3 is 18.6 Å². The number of rotatable bonds is 2. The first kappa shape index (κ1) is 9.58. The third-order valence-electron chi connectivity index (χ3n) is 1.53. The van der Waals surface area contributed by atoms with E-state index >= 15 is 0 Å². The zero-order chi connectivity index (χ0) is 9.14. The summed E-state index contributed by atoms with van der Waals surface area (Å²) in [6.45, 7) is 0. The number of hydrogen-bond donors (Lipinski definition) is 4. The van der Waals surface area contributed by atoms with Crippen molar-refractivity contribution in [2.75, 3.05) is 0 Å². The standard InChI is InChI=1S/C6H10O4Si2/c7-11(8)5-1-2-6(4-3-5)12(9)10/h1-4,7-12H. The maximum absolute atomic E-state index is 8.83. The van der Waals surface area contributed by atoms with Crippen LogP contribution in [0, 0.1) is 0 Å². The third-order valence-corrected chi connectivity index (χ3v) is 3.50. The molecule has 1 rings (SSSR count). The van der Waals surface area contributed by atoms with E-state index in [2.05, 4.69) is 0 Å². The van der Waals surface area contributed by atoms with E-state index in [1.807, 2.05) is 0 Å². The van der Waals surface area contributed by atoms with Crippen LogP contribution in [0.3, 0.4) is 0 Å². The van der Waals surface area contributed by atoms with E-state index in [0.717, 1.165) is 0 Å². The highest BCUT2D eigenvalue weighted by Crippen LogP contribution is 1.83. The van der Waals surface area contributed by atoms with Crippen LogP contribution in [-0.4, -0.2) is 37.8 Å². The molecule has 0 radical (unpaired) electrons. The molecule has 0 fully saturated rings. The Bertz CT molecular complexity index is 219. The van der Waals surface area contributed by atoms with E-state index in [-0.39, 0.29) is 0 Å². The molecule has 0 saturated heterocycles. The van der Waals surface area contributed by atoms with Crippen LogP contribution in [0.1, 0.15) is 0 Å². The Morgan fingerprint density at radius 3 is 1.08 bits per heavy atom. The Morgan fingerprint density at radius 1 is 0.667 bits per heavy atom. The van der Waals surface area contributed by atoms with Crippen LogP contribution in [0.5, 0.6) is 0 Å². The molecule has 0 heterocycles. The number of benzene rings is 1. The van der Waals surface area contributed by atoms with Gasteiger partial charge in [-0.15, -0.1) is 0 Å². The second-order valence-corrected chi connectivity index (χ2v) is 5.24. The van der Waals surface area contributed by atoms with Gasteiger partial charge in [0.25, 0.3) is 0 Å². The van der Waals surface area contributed by atoms with Gasteiger partial charge in [-0.25, -0.2) is 0 Å². The van der Waals surface area contributed by atoms with Crippen LogP contribution in [-0.2, 0) is 0 Å². The molecule has 0 unspecified atom stereocenters. The van der Waals surface area contributed by atoms with Gasteiger partial charge in [-0.3, -0.25) is 0 Å². The van der Waals surface area contributed by atoms with Crippen LogP contribution in [0.2, 0.25) is 0 Å². The Morgan fingerprint density at radius 2 is 0.917 bits per heavy atom. The first-order valence-electron chi connectivity index (χ1n) is 3.43. The topological polar surface area (TPSA) is 80.9 Å². The quantitative estimate of drug-likeness (QED) is 0.375. The van der Waals surface area contributed by atoms with Crippen molar-refractivity contribution < 1.29 is 19.2 Å². The Kier molecular flexibility index (Phi) is 3.15. The fourth-order valence-electron chi connectivity index (χ4n) is 0.840. The Balaban J connectivity index is 2.86. The van der Waals surface area contributed by atoms with Crippen molar-refractivity contribution in [2.45, 2.75) is 0 Å². The highest BCUT2D eigenvalue weighted by molar-refractivity contribution is 6.60. The van der Waals surface area contributed by atoms with Crippen LogP contribution >= 0.6 is 0 Å². The van der Waals surface area contributed by atoms with E-state index in [9.17, 15) is 0 Å². The summed E-state index contributed by atoms with van der Waals surface area (Å²) in [5.41, 5.74) is 0. The minimum atomic E-state index is -2.73. The van der Waals surface area contributed by atoms with Gasteiger partial charge in [0.05, 0.1) is 0 Å². The fraction of sp³-hybridized carbons (Fsp3) is 0. The first-order chi connectivity index (χ1) is 5.61. The van der Waals surface area contributed by atoms with Gasteiger partial charge in [0.15, 0.2) is 0 Å². The predicted molar refractivity (Wildman–Crippen MR) is 48.9 cm³/mol. The van der Waals surface area contributed by atoms with Crippen molar-refractivity contribution in [1.82, 2.24) is 0 Å². The summed E-state index contributed by atoms with van der Waals surface area (Å²) in [5.74, 6) is 0. The van der Waals surface area contributed by atoms with Crippen LogP contribution in [0.4, 0.5) is 0 Å². The normalized spacial score (nSPS) is 11.2. The number of hydrogen-bond acceptors (Lipinski definition) is 4. The van der Waals surface area contributed by atoms with Crippen molar-refractivity contribution in [2.24, 2.45) is 0 Å². The largest absolute Gasteiger partial charge is 0.410 e. The van der Waals surface area contributed by atoms with Crippen LogP contribution < -0.4 is 10.4 Å². The molecule has 0 aromatic heterocycles. The molecule has 0 spiro atoms. The Hall–Kier alpha value is -0.506. The van der Waals surface area contributed by atoms with Crippen LogP contribution in [0.15, 0.2) is 24.3 Å². The molecule has 66 valence electrons. The van der Waals surface area contributed by atoms with Gasteiger partial charge in [0, 0.05) is 0 Å². The highest BCUT2D eigenvalue weighted by atomic mass is 28.3. The molecule has 12 heavy (non-hydrogen) atoms. The van der Waals surface area contributed by atoms with E-state index in [1.54, 1.807) is 0 Å². The predicted octanol–water partition coefficient (Wildman–Crippen LogP) is -3.49. The molecule has 4 nitrogen and oxygen atoms in total. The lowest BCUT2D eigenvalue weighted by molar-refractivity contribution is 0.423. The van der Waals surface area contributed by atoms with E-state index in [0.29, 0.717) is 10.4 Å². The molecule has 6 heteroatoms. The summed E-state index contributed by atoms with van der Waals surface area (Å²) in [5, 5.41) is 0.960. The molecule has 0 saturated carbocycles. The fourth-order valence-corrected chi connectivity index (χ4v) is 1.91. The van der Waals surface area contributed by atoms with Gasteiger partial charge in [0.2, 0.25) is 0 Å². The smallest absolute Gasteiger partial charge is 0.350 e. The molecular weight excluding hydrogens is 192 g/mol. The van der Waals surface area contributed by atoms with Gasteiger partial charge in [-0.2, -0.15) is 0 Å². The molecule has 1 aromatic rings. The molecular formula is C6H10O4Si2. The lowest BCUT2D eigenvalue weighted by Gasteiger charge is -2.03. The van der Waals surface area contributed by atoms with Crippen molar-refractivity contribution >= 4 is 28.9 Å². The zero-order valence-electron chi connectivity index (χ0n) is 6.25. The summed E-state index contributed by atoms with van der Waals surface area (Å²) in [6.07, 6.45) is 0. The molecule has 4 N–H and O–H groups in total. The van der Waals surface area contributed by atoms with Gasteiger partial charge in [0.1, 0.15) is 0 Å². The van der Waals surface area contributed by atoms with E-state index < -0.39 is 18.6 Å². The summed E-state index contributed by atoms with van der Waals surface area (Å²) < 4.78 is 0. The molecule has 0 atom stereocenters. The van der Waals surface area contributed by atoms with E-state index in [4.69, 9.17) is 19.2 Å². The van der Waals surface area contributed by atoms with Gasteiger partial charge in [-0.1, -0.05) is 24.3 Å². The van der Waals surface area contributed by atoms with E-state index in [1.165, 1.54) is 24.3 Å². The molecule has 1 aromatic carbocycles. The maximum Gasteiger partial charge on any atom is 0.350 e. The van der Waals surface area contributed by atoms with Crippen molar-refractivity contribution in [3.63, 3.8) is 0 Å². The van der Waals surface area contributed by atoms with Gasteiger partial charge in [-0.05, 0) is 10.4 Å². The average molecular weight is 202 g/mol. The van der Waals surface area contributed by atoms with Gasteiger partial charge < -0.3 is 19.2 Å². The third kappa shape index (κ3) is 2.24. The van der Waals surface area contributed by atoms with Crippen molar-refractivity contribution in [1.29, 1.82) is 0 Å². The summed E-state index contributed by atoms with van der Waals surface area (Å²) in [7, 11) is -5.46. The Labute approximate surface area is 73.1 Å². The van der Waals surface area contributed by atoms with Crippen molar-refractivity contribution in [3.8, 4) is 0 Å². The van der Waals surface area contributed by atoms with Crippen LogP contribution in [0.25, 0.3) is 0 Å². The summed E-state index contributed by atoms with van der Waals surface area (Å²) in [4.78, 5) is 35.3. The minimum absolute atomic E-state index is 0.480. The minimum Gasteiger partial charge on any atom is -0.410 e. The lowest BCUT2D eigenvalue weighted by atomic mass is 10.4. The molecule has 0 aliphatic heterocycles. The average Bonchev–Trinajstić information content (AvgIpc) is 2.04. The monoisotopic (exact) mass is 202 g/mol. The second kappa shape index (κ2) is 3.94. The highest BCUT2D eigenvalue weighted by Gasteiger charge is 2.09. The second-order valence-electron chi connectivity index (χ2n) is 2.41. The molecule has 0 bridgehead atoms. The summed E-state index contributed by atoms with van der Waals surface area (Å²) in [6, 6.07) is 6.05. The molecule has 0 aliphatic rings. The SMILES string of the molecule is O[SiH](O)c1ccc([SiH](O)O)cc1. The molecule has 0 aliphatic carbocycles. The van der Waals surface area contributed by atoms with Crippen molar-refractivity contribution in [3.05, 3.63) is 24.3 Å². The zero-order valence-corrected chi connectivity index (χ0v) is 8.56. The lowest BCUT2D eigenvalue weighted by Crippen LogP contribution is -2.34. The summed E-state index contributed by atoms with van der Waals surface area (Å²) >= 11 is 0.